The fraction of sp³-hybridized carbons (Fsp3) is 0.105. The number of nitrogens with one attached hydrogen (secondary N) is 1. The largest absolute Gasteiger partial charge is 0.361 e. The Hall–Kier alpha value is -2.86. The van der Waals surface area contributed by atoms with Crippen LogP contribution in [0.1, 0.15) is 21.8 Å². The first-order valence-corrected chi connectivity index (χ1v) is 8.98. The number of ketones is 1. The number of pyridine rings is 1. The maximum atomic E-state index is 12.9. The van der Waals surface area contributed by atoms with Gasteiger partial charge >= 0.3 is 0 Å². The van der Waals surface area contributed by atoms with Gasteiger partial charge in [0.2, 0.25) is 5.78 Å². The predicted octanol–water partition coefficient (Wildman–Crippen LogP) is 4.48. The molecular formula is C19H15N3O2S. The molecule has 0 amide bonds. The third-order valence-corrected chi connectivity index (χ3v) is 4.78. The highest BCUT2D eigenvalue weighted by atomic mass is 32.2. The number of carbonyl (C=O) groups excluding carboxylic acids is 1. The summed E-state index contributed by atoms with van der Waals surface area (Å²) in [5.74, 6) is 0.424. The van der Waals surface area contributed by atoms with Crippen molar-refractivity contribution in [3.05, 3.63) is 65.8 Å². The molecule has 6 heteroatoms. The summed E-state index contributed by atoms with van der Waals surface area (Å²) in [5.41, 5.74) is 3.53. The summed E-state index contributed by atoms with van der Waals surface area (Å²) in [5, 5.41) is 4.64. The molecule has 0 aliphatic heterocycles. The minimum Gasteiger partial charge on any atom is -0.361 e. The van der Waals surface area contributed by atoms with Crippen LogP contribution < -0.4 is 0 Å². The molecule has 3 heterocycles. The number of nitrogens with zero attached hydrogens (tertiary/aromatic N) is 2. The van der Waals surface area contributed by atoms with Crippen molar-refractivity contribution in [3.8, 4) is 11.1 Å². The van der Waals surface area contributed by atoms with Gasteiger partial charge in [0.1, 0.15) is 11.4 Å². The zero-order valence-corrected chi connectivity index (χ0v) is 14.6. The van der Waals surface area contributed by atoms with Gasteiger partial charge in [-0.25, -0.2) is 4.98 Å². The van der Waals surface area contributed by atoms with Gasteiger partial charge in [0, 0.05) is 28.7 Å². The van der Waals surface area contributed by atoms with Crippen molar-refractivity contribution in [2.24, 2.45) is 0 Å². The molecule has 0 aliphatic rings. The molecule has 1 N–H and O–H groups in total. The Morgan fingerprint density at radius 1 is 1.24 bits per heavy atom. The summed E-state index contributed by atoms with van der Waals surface area (Å²) >= 11 is 1.68. The third kappa shape index (κ3) is 2.74. The zero-order valence-electron chi connectivity index (χ0n) is 13.7. The molecular weight excluding hydrogens is 334 g/mol. The summed E-state index contributed by atoms with van der Waals surface area (Å²) < 4.78 is 5.04. The van der Waals surface area contributed by atoms with Gasteiger partial charge in [0.25, 0.3) is 0 Å². The number of aromatic nitrogens is 3. The zero-order chi connectivity index (χ0) is 17.4. The van der Waals surface area contributed by atoms with E-state index in [2.05, 4.69) is 27.3 Å². The summed E-state index contributed by atoms with van der Waals surface area (Å²) in [4.78, 5) is 21.5. The number of H-pyrrole nitrogens is 1. The van der Waals surface area contributed by atoms with Crippen molar-refractivity contribution in [1.82, 2.24) is 15.1 Å². The van der Waals surface area contributed by atoms with Crippen LogP contribution in [0, 0.1) is 6.92 Å². The van der Waals surface area contributed by atoms with E-state index in [-0.39, 0.29) is 5.78 Å². The monoisotopic (exact) mass is 349 g/mol. The van der Waals surface area contributed by atoms with Gasteiger partial charge < -0.3 is 9.51 Å². The Morgan fingerprint density at radius 2 is 2.12 bits per heavy atom. The van der Waals surface area contributed by atoms with E-state index in [1.54, 1.807) is 37.1 Å². The molecule has 0 aliphatic carbocycles. The second-order valence-electron chi connectivity index (χ2n) is 5.67. The number of hydrogen-bond donors (Lipinski definition) is 1. The second-order valence-corrected chi connectivity index (χ2v) is 6.55. The topological polar surface area (TPSA) is 71.8 Å². The third-order valence-electron chi connectivity index (χ3n) is 4.06. The van der Waals surface area contributed by atoms with E-state index >= 15 is 0 Å². The van der Waals surface area contributed by atoms with Crippen molar-refractivity contribution in [2.45, 2.75) is 11.8 Å². The molecule has 0 saturated carbocycles. The van der Waals surface area contributed by atoms with Crippen LogP contribution in [0.25, 0.3) is 22.2 Å². The van der Waals surface area contributed by atoms with Gasteiger partial charge in [0.05, 0.1) is 5.56 Å². The molecule has 0 atom stereocenters. The predicted molar refractivity (Wildman–Crippen MR) is 98.0 cm³/mol. The van der Waals surface area contributed by atoms with Gasteiger partial charge in [-0.3, -0.25) is 4.79 Å². The Balaban J connectivity index is 1.91. The van der Waals surface area contributed by atoms with Crippen LogP contribution in [0.5, 0.6) is 0 Å². The van der Waals surface area contributed by atoms with Crippen LogP contribution in [0.4, 0.5) is 0 Å². The number of carbonyl (C=O) groups is 1. The van der Waals surface area contributed by atoms with Crippen LogP contribution in [-0.2, 0) is 0 Å². The molecule has 5 nitrogen and oxygen atoms in total. The molecule has 0 unspecified atom stereocenters. The van der Waals surface area contributed by atoms with Crippen LogP contribution in [0.3, 0.4) is 0 Å². The van der Waals surface area contributed by atoms with E-state index in [9.17, 15) is 4.79 Å². The average Bonchev–Trinajstić information content (AvgIpc) is 3.27. The smallest absolute Gasteiger partial charge is 0.217 e. The molecule has 4 rings (SSSR count). The molecule has 0 spiro atoms. The molecule has 25 heavy (non-hydrogen) atoms. The first kappa shape index (κ1) is 15.7. The van der Waals surface area contributed by atoms with Crippen molar-refractivity contribution in [3.63, 3.8) is 0 Å². The van der Waals surface area contributed by atoms with Crippen molar-refractivity contribution in [2.75, 3.05) is 6.26 Å². The lowest BCUT2D eigenvalue weighted by atomic mass is 9.99. The molecule has 0 bridgehead atoms. The van der Waals surface area contributed by atoms with Crippen molar-refractivity contribution in [1.29, 1.82) is 0 Å². The molecule has 0 radical (unpaired) electrons. The average molecular weight is 349 g/mol. The Morgan fingerprint density at radius 3 is 2.88 bits per heavy atom. The number of benzene rings is 1. The number of aryl methyl sites for hydroxylation is 1. The lowest BCUT2D eigenvalue weighted by molar-refractivity contribution is 0.103. The van der Waals surface area contributed by atoms with Gasteiger partial charge in [-0.15, -0.1) is 11.8 Å². The quantitative estimate of drug-likeness (QED) is 0.434. The molecule has 124 valence electrons. The molecule has 0 fully saturated rings. The summed E-state index contributed by atoms with van der Waals surface area (Å²) in [6.45, 7) is 1.76. The SMILES string of the molecule is CSc1cccc(-c2ccnc3[nH]cc(C(=O)c4cc(C)on4)c23)c1. The molecule has 0 saturated heterocycles. The Bertz CT molecular complexity index is 1080. The molecule has 3 aromatic heterocycles. The first-order chi connectivity index (χ1) is 12.2. The van der Waals surface area contributed by atoms with E-state index in [0.29, 0.717) is 22.7 Å². The van der Waals surface area contributed by atoms with Crippen LogP contribution in [-0.4, -0.2) is 27.2 Å². The van der Waals surface area contributed by atoms with Crippen molar-refractivity contribution < 1.29 is 9.32 Å². The van der Waals surface area contributed by atoms with E-state index < -0.39 is 0 Å². The highest BCUT2D eigenvalue weighted by Gasteiger charge is 2.20. The molecule has 1 aromatic carbocycles. The van der Waals surface area contributed by atoms with Crippen LogP contribution >= 0.6 is 11.8 Å². The second kappa shape index (κ2) is 6.22. The maximum Gasteiger partial charge on any atom is 0.217 e. The highest BCUT2D eigenvalue weighted by Crippen LogP contribution is 2.32. The summed E-state index contributed by atoms with van der Waals surface area (Å²) in [6.07, 6.45) is 5.47. The Labute approximate surface area is 148 Å². The van der Waals surface area contributed by atoms with Gasteiger partial charge in [-0.05, 0) is 42.5 Å². The van der Waals surface area contributed by atoms with Gasteiger partial charge in [-0.1, -0.05) is 17.3 Å². The minimum atomic E-state index is -0.182. The van der Waals surface area contributed by atoms with Crippen molar-refractivity contribution >= 4 is 28.6 Å². The number of aromatic amines is 1. The first-order valence-electron chi connectivity index (χ1n) is 7.76. The summed E-state index contributed by atoms with van der Waals surface area (Å²) in [7, 11) is 0. The van der Waals surface area contributed by atoms with Gasteiger partial charge in [0.15, 0.2) is 5.69 Å². The van der Waals surface area contributed by atoms with Gasteiger partial charge in [-0.2, -0.15) is 0 Å². The standard InChI is InChI=1S/C19H15N3O2S/c1-11-8-16(22-24-11)18(23)15-10-21-19-17(15)14(6-7-20-19)12-4-3-5-13(9-12)25-2/h3-10H,1-2H3,(H,20,21). The number of thioether (sulfide) groups is 1. The lowest BCUT2D eigenvalue weighted by Crippen LogP contribution is -2.01. The van der Waals surface area contributed by atoms with E-state index in [0.717, 1.165) is 21.4 Å². The minimum absolute atomic E-state index is 0.182. The normalized spacial score (nSPS) is 11.1. The number of hydrogen-bond acceptors (Lipinski definition) is 5. The fourth-order valence-corrected chi connectivity index (χ4v) is 3.34. The molecule has 4 aromatic rings. The number of fused-ring (bicyclic) bond motifs is 1. The van der Waals surface area contributed by atoms with Crippen LogP contribution in [0.15, 0.2) is 58.2 Å². The highest BCUT2D eigenvalue weighted by molar-refractivity contribution is 7.98. The summed E-state index contributed by atoms with van der Waals surface area (Å²) in [6, 6.07) is 11.8. The van der Waals surface area contributed by atoms with E-state index in [1.807, 2.05) is 24.5 Å². The lowest BCUT2D eigenvalue weighted by Gasteiger charge is -2.07. The van der Waals surface area contributed by atoms with E-state index in [1.165, 1.54) is 0 Å². The number of rotatable bonds is 4. The maximum absolute atomic E-state index is 12.9. The van der Waals surface area contributed by atoms with E-state index in [4.69, 9.17) is 4.52 Å². The Kier molecular flexibility index (Phi) is 3.89. The fourth-order valence-electron chi connectivity index (χ4n) is 2.88. The van der Waals surface area contributed by atoms with Crippen LogP contribution in [0.2, 0.25) is 0 Å².